The fraction of sp³-hybridized carbons (Fsp3) is 1.00. The highest BCUT2D eigenvalue weighted by Gasteiger charge is 2.31. The van der Waals surface area contributed by atoms with Crippen molar-refractivity contribution in [1.82, 2.24) is 0 Å². The van der Waals surface area contributed by atoms with Crippen LogP contribution in [0.1, 0.15) is 52.4 Å². The minimum absolute atomic E-state index is 0.287. The maximum Gasteiger partial charge on any atom is 0.235 e. The summed E-state index contributed by atoms with van der Waals surface area (Å²) in [6, 6.07) is 0. The highest BCUT2D eigenvalue weighted by Crippen LogP contribution is 2.36. The Hall–Kier alpha value is 0.240. The fourth-order valence-corrected chi connectivity index (χ4v) is 4.17. The lowest BCUT2D eigenvalue weighted by molar-refractivity contribution is 0.237. The quantitative estimate of drug-likeness (QED) is 0.717. The molecule has 0 radical (unpaired) electrons. The Kier molecular flexibility index (Phi) is 4.91. The molecule has 1 aliphatic carbocycles. The summed E-state index contributed by atoms with van der Waals surface area (Å²) >= 11 is 0. The molecule has 0 aromatic carbocycles. The van der Waals surface area contributed by atoms with Crippen molar-refractivity contribution in [2.24, 2.45) is 11.8 Å². The van der Waals surface area contributed by atoms with Crippen molar-refractivity contribution in [3.05, 3.63) is 0 Å². The molecule has 0 aliphatic heterocycles. The van der Waals surface area contributed by atoms with Crippen LogP contribution in [0.5, 0.6) is 0 Å². The van der Waals surface area contributed by atoms with E-state index in [2.05, 4.69) is 13.8 Å². The van der Waals surface area contributed by atoms with Crippen LogP contribution in [0.3, 0.4) is 0 Å². The average molecular weight is 253 g/mol. The molecule has 1 saturated carbocycles. The Balaban J connectivity index is 2.49. The largest absolute Gasteiger partial charge is 0.235 e. The number of halogens is 1. The van der Waals surface area contributed by atoms with Crippen molar-refractivity contribution in [1.29, 1.82) is 0 Å². The standard InChI is InChI=1S/C11H21ClO2S/c1-3-9(4-2)10-5-7-11(8-6-10)15(12,13)14/h9-11H,3-8H2,1-2H3. The second-order valence-corrected chi connectivity index (χ2v) is 7.50. The lowest BCUT2D eigenvalue weighted by atomic mass is 9.77. The SMILES string of the molecule is CCC(CC)C1CCC(S(=O)(=O)Cl)CC1. The molecule has 1 rings (SSSR count). The predicted octanol–water partition coefficient (Wildman–Crippen LogP) is 3.55. The summed E-state index contributed by atoms with van der Waals surface area (Å²) in [6.07, 6.45) is 5.99. The molecule has 0 aromatic rings. The van der Waals surface area contributed by atoms with E-state index in [4.69, 9.17) is 10.7 Å². The van der Waals surface area contributed by atoms with Gasteiger partial charge in [0.25, 0.3) is 0 Å². The molecule has 0 spiro atoms. The molecule has 0 heterocycles. The third-order valence-electron chi connectivity index (χ3n) is 3.83. The van der Waals surface area contributed by atoms with Crippen LogP contribution < -0.4 is 0 Å². The smallest absolute Gasteiger partial charge is 0.212 e. The molecule has 0 saturated heterocycles. The zero-order chi connectivity index (χ0) is 11.5. The summed E-state index contributed by atoms with van der Waals surface area (Å²) in [5.74, 6) is 1.48. The monoisotopic (exact) mass is 252 g/mol. The van der Waals surface area contributed by atoms with Gasteiger partial charge >= 0.3 is 0 Å². The van der Waals surface area contributed by atoms with Crippen molar-refractivity contribution in [2.75, 3.05) is 0 Å². The van der Waals surface area contributed by atoms with Gasteiger partial charge in [0.2, 0.25) is 9.05 Å². The summed E-state index contributed by atoms with van der Waals surface area (Å²) in [5, 5.41) is -0.287. The minimum Gasteiger partial charge on any atom is -0.212 e. The van der Waals surface area contributed by atoms with Gasteiger partial charge in [0.1, 0.15) is 0 Å². The van der Waals surface area contributed by atoms with Crippen LogP contribution in [-0.4, -0.2) is 13.7 Å². The second-order valence-electron chi connectivity index (χ2n) is 4.59. The van der Waals surface area contributed by atoms with E-state index in [1.807, 2.05) is 0 Å². The van der Waals surface area contributed by atoms with Crippen LogP contribution in [0, 0.1) is 11.8 Å². The van der Waals surface area contributed by atoms with E-state index >= 15 is 0 Å². The van der Waals surface area contributed by atoms with Crippen molar-refractivity contribution >= 4 is 19.7 Å². The van der Waals surface area contributed by atoms with Gasteiger partial charge in [-0.3, -0.25) is 0 Å². The molecule has 0 amide bonds. The van der Waals surface area contributed by atoms with Crippen LogP contribution in [0.15, 0.2) is 0 Å². The third-order valence-corrected chi connectivity index (χ3v) is 5.86. The zero-order valence-electron chi connectivity index (χ0n) is 9.58. The topological polar surface area (TPSA) is 34.1 Å². The molecule has 0 aromatic heterocycles. The summed E-state index contributed by atoms with van der Waals surface area (Å²) in [6.45, 7) is 4.44. The lowest BCUT2D eigenvalue weighted by Gasteiger charge is -2.31. The molecule has 1 fully saturated rings. The van der Waals surface area contributed by atoms with Crippen LogP contribution in [0.4, 0.5) is 0 Å². The summed E-state index contributed by atoms with van der Waals surface area (Å²) < 4.78 is 22.3. The van der Waals surface area contributed by atoms with Crippen LogP contribution >= 0.6 is 10.7 Å². The van der Waals surface area contributed by atoms with Gasteiger partial charge in [0.15, 0.2) is 0 Å². The number of hydrogen-bond donors (Lipinski definition) is 0. The summed E-state index contributed by atoms with van der Waals surface area (Å²) in [7, 11) is 2.06. The van der Waals surface area contributed by atoms with Crippen LogP contribution in [-0.2, 0) is 9.05 Å². The molecule has 4 heteroatoms. The second kappa shape index (κ2) is 5.53. The van der Waals surface area contributed by atoms with E-state index in [0.717, 1.165) is 37.5 Å². The molecule has 2 nitrogen and oxygen atoms in total. The van der Waals surface area contributed by atoms with E-state index < -0.39 is 9.05 Å². The van der Waals surface area contributed by atoms with E-state index in [0.29, 0.717) is 0 Å². The molecule has 90 valence electrons. The van der Waals surface area contributed by atoms with Crippen molar-refractivity contribution < 1.29 is 8.42 Å². The van der Waals surface area contributed by atoms with Crippen molar-refractivity contribution in [3.8, 4) is 0 Å². The van der Waals surface area contributed by atoms with E-state index in [-0.39, 0.29) is 5.25 Å². The Bertz CT molecular complexity index is 275. The molecule has 15 heavy (non-hydrogen) atoms. The van der Waals surface area contributed by atoms with Crippen molar-refractivity contribution in [3.63, 3.8) is 0 Å². The van der Waals surface area contributed by atoms with Gasteiger partial charge < -0.3 is 0 Å². The van der Waals surface area contributed by atoms with Gasteiger partial charge in [-0.1, -0.05) is 26.7 Å². The number of hydrogen-bond acceptors (Lipinski definition) is 2. The van der Waals surface area contributed by atoms with Crippen LogP contribution in [0.2, 0.25) is 0 Å². The maximum absolute atomic E-state index is 11.2. The van der Waals surface area contributed by atoms with E-state index in [9.17, 15) is 8.42 Å². The van der Waals surface area contributed by atoms with Gasteiger partial charge in [-0.2, -0.15) is 0 Å². The van der Waals surface area contributed by atoms with Gasteiger partial charge in [-0.15, -0.1) is 0 Å². The van der Waals surface area contributed by atoms with Gasteiger partial charge in [0.05, 0.1) is 5.25 Å². The normalized spacial score (nSPS) is 28.3. The summed E-state index contributed by atoms with van der Waals surface area (Å²) in [4.78, 5) is 0. The molecular formula is C11H21ClO2S. The molecule has 0 atom stereocenters. The Morgan fingerprint density at radius 1 is 1.13 bits per heavy atom. The molecule has 0 unspecified atom stereocenters. The summed E-state index contributed by atoms with van der Waals surface area (Å²) in [5.41, 5.74) is 0. The van der Waals surface area contributed by atoms with E-state index in [1.165, 1.54) is 12.8 Å². The Labute approximate surface area is 97.8 Å². The molecular weight excluding hydrogens is 232 g/mol. The first-order valence-electron chi connectivity index (χ1n) is 5.92. The Morgan fingerprint density at radius 2 is 1.60 bits per heavy atom. The Morgan fingerprint density at radius 3 is 1.93 bits per heavy atom. The highest BCUT2D eigenvalue weighted by atomic mass is 35.7. The minimum atomic E-state index is -3.32. The van der Waals surface area contributed by atoms with Crippen LogP contribution in [0.25, 0.3) is 0 Å². The van der Waals surface area contributed by atoms with Crippen molar-refractivity contribution in [2.45, 2.75) is 57.6 Å². The molecule has 0 N–H and O–H groups in total. The third kappa shape index (κ3) is 3.63. The molecule has 1 aliphatic rings. The van der Waals surface area contributed by atoms with Gasteiger partial charge in [-0.25, -0.2) is 8.42 Å². The predicted molar refractivity (Wildman–Crippen MR) is 64.6 cm³/mol. The zero-order valence-corrected chi connectivity index (χ0v) is 11.1. The van der Waals surface area contributed by atoms with Gasteiger partial charge in [-0.05, 0) is 37.5 Å². The first kappa shape index (κ1) is 13.3. The first-order chi connectivity index (χ1) is 6.99. The average Bonchev–Trinajstić information content (AvgIpc) is 2.19. The van der Waals surface area contributed by atoms with Gasteiger partial charge in [0, 0.05) is 10.7 Å². The number of rotatable bonds is 4. The maximum atomic E-state index is 11.2. The molecule has 0 bridgehead atoms. The van der Waals surface area contributed by atoms with E-state index in [1.54, 1.807) is 0 Å². The lowest BCUT2D eigenvalue weighted by Crippen LogP contribution is -2.27. The highest BCUT2D eigenvalue weighted by molar-refractivity contribution is 8.14. The first-order valence-corrected chi connectivity index (χ1v) is 8.29. The fourth-order valence-electron chi connectivity index (χ4n) is 2.80.